The van der Waals surface area contributed by atoms with Gasteiger partial charge in [-0.15, -0.1) is 0 Å². The zero-order valence-electron chi connectivity index (χ0n) is 12.7. The lowest BCUT2D eigenvalue weighted by Gasteiger charge is -2.40. The Labute approximate surface area is 113 Å². The minimum Gasteiger partial charge on any atom is -0.396 e. The van der Waals surface area contributed by atoms with E-state index >= 15 is 0 Å². The maximum absolute atomic E-state index is 9.29. The monoisotopic (exact) mass is 256 g/mol. The highest BCUT2D eigenvalue weighted by molar-refractivity contribution is 4.85. The summed E-state index contributed by atoms with van der Waals surface area (Å²) < 4.78 is 0. The van der Waals surface area contributed by atoms with Crippen LogP contribution in [0.2, 0.25) is 0 Å². The lowest BCUT2D eigenvalue weighted by atomic mass is 9.83. The number of aliphatic hydroxyl groups is 1. The molecule has 1 aliphatic rings. The first kappa shape index (κ1) is 15.9. The number of likely N-dealkylation sites (tertiary alicyclic amines) is 1. The quantitative estimate of drug-likeness (QED) is 0.732. The van der Waals surface area contributed by atoms with E-state index in [1.165, 1.54) is 25.8 Å². The Hall–Kier alpha value is -0.120. The molecule has 1 fully saturated rings. The second-order valence-electron chi connectivity index (χ2n) is 6.59. The fourth-order valence-corrected chi connectivity index (χ4v) is 2.79. The molecule has 0 spiro atoms. The van der Waals surface area contributed by atoms with Gasteiger partial charge in [-0.3, -0.25) is 0 Å². The minimum absolute atomic E-state index is 0.284. The normalized spacial score (nSPS) is 24.2. The molecule has 1 rings (SSSR count). The Morgan fingerprint density at radius 3 is 2.78 bits per heavy atom. The van der Waals surface area contributed by atoms with E-state index in [0.717, 1.165) is 19.6 Å². The van der Waals surface area contributed by atoms with E-state index in [1.54, 1.807) is 0 Å². The summed E-state index contributed by atoms with van der Waals surface area (Å²) in [7, 11) is 0. The second-order valence-corrected chi connectivity index (χ2v) is 6.59. The highest BCUT2D eigenvalue weighted by atomic mass is 16.3. The van der Waals surface area contributed by atoms with Gasteiger partial charge in [0.05, 0.1) is 0 Å². The van der Waals surface area contributed by atoms with E-state index in [9.17, 15) is 5.11 Å². The van der Waals surface area contributed by atoms with Crippen LogP contribution in [0.15, 0.2) is 0 Å². The van der Waals surface area contributed by atoms with Crippen LogP contribution in [0, 0.1) is 11.3 Å². The van der Waals surface area contributed by atoms with Crippen molar-refractivity contribution in [2.45, 2.75) is 53.0 Å². The molecule has 2 N–H and O–H groups in total. The van der Waals surface area contributed by atoms with E-state index in [2.05, 4.69) is 37.9 Å². The number of hydrogen-bond donors (Lipinski definition) is 2. The third kappa shape index (κ3) is 4.87. The lowest BCUT2D eigenvalue weighted by Crippen LogP contribution is -2.49. The highest BCUT2D eigenvalue weighted by Crippen LogP contribution is 2.25. The van der Waals surface area contributed by atoms with Gasteiger partial charge in [0, 0.05) is 25.7 Å². The SMILES string of the molecule is CCCNC(C)C(C)(C)CN1CCCC(CO)C1. The molecule has 0 aromatic carbocycles. The molecule has 0 aromatic heterocycles. The average Bonchev–Trinajstić information content (AvgIpc) is 2.35. The van der Waals surface area contributed by atoms with Crippen molar-refractivity contribution in [1.82, 2.24) is 10.2 Å². The van der Waals surface area contributed by atoms with Crippen LogP contribution < -0.4 is 5.32 Å². The van der Waals surface area contributed by atoms with Gasteiger partial charge >= 0.3 is 0 Å². The predicted octanol–water partition coefficient (Wildman–Crippen LogP) is 2.11. The van der Waals surface area contributed by atoms with Crippen LogP contribution in [0.4, 0.5) is 0 Å². The highest BCUT2D eigenvalue weighted by Gasteiger charge is 2.30. The molecule has 1 heterocycles. The van der Waals surface area contributed by atoms with Crippen molar-refractivity contribution in [1.29, 1.82) is 0 Å². The first-order valence-electron chi connectivity index (χ1n) is 7.56. The standard InChI is InChI=1S/C15H32N2O/c1-5-8-16-13(2)15(3,4)12-17-9-6-7-14(10-17)11-18/h13-14,16,18H,5-12H2,1-4H3. The molecular formula is C15H32N2O. The first-order chi connectivity index (χ1) is 8.49. The van der Waals surface area contributed by atoms with Crippen molar-refractivity contribution in [3.63, 3.8) is 0 Å². The summed E-state index contributed by atoms with van der Waals surface area (Å²) in [5.41, 5.74) is 0.284. The van der Waals surface area contributed by atoms with Gasteiger partial charge in [-0.25, -0.2) is 0 Å². The number of nitrogens with zero attached hydrogens (tertiary/aromatic N) is 1. The van der Waals surface area contributed by atoms with E-state index in [0.29, 0.717) is 18.6 Å². The summed E-state index contributed by atoms with van der Waals surface area (Å²) in [6.07, 6.45) is 3.62. The maximum Gasteiger partial charge on any atom is 0.0471 e. The largest absolute Gasteiger partial charge is 0.396 e. The van der Waals surface area contributed by atoms with Crippen LogP contribution in [0.3, 0.4) is 0 Å². The van der Waals surface area contributed by atoms with E-state index in [4.69, 9.17) is 0 Å². The molecule has 0 saturated carbocycles. The third-order valence-electron chi connectivity index (χ3n) is 4.37. The molecule has 3 nitrogen and oxygen atoms in total. The molecule has 2 atom stereocenters. The summed E-state index contributed by atoms with van der Waals surface area (Å²) in [5.74, 6) is 0.494. The molecule has 18 heavy (non-hydrogen) atoms. The van der Waals surface area contributed by atoms with Gasteiger partial charge in [-0.1, -0.05) is 20.8 Å². The predicted molar refractivity (Wildman–Crippen MR) is 77.8 cm³/mol. The van der Waals surface area contributed by atoms with Gasteiger partial charge < -0.3 is 15.3 Å². The Morgan fingerprint density at radius 2 is 2.17 bits per heavy atom. The smallest absolute Gasteiger partial charge is 0.0471 e. The fraction of sp³-hybridized carbons (Fsp3) is 1.00. The molecule has 1 saturated heterocycles. The van der Waals surface area contributed by atoms with Gasteiger partial charge in [-0.2, -0.15) is 0 Å². The molecule has 0 aliphatic carbocycles. The van der Waals surface area contributed by atoms with E-state index in [1.807, 2.05) is 0 Å². The van der Waals surface area contributed by atoms with Gasteiger partial charge in [0.2, 0.25) is 0 Å². The van der Waals surface area contributed by atoms with Gasteiger partial charge in [0.1, 0.15) is 0 Å². The number of aliphatic hydroxyl groups excluding tert-OH is 1. The van der Waals surface area contributed by atoms with Crippen LogP contribution >= 0.6 is 0 Å². The van der Waals surface area contributed by atoms with Crippen molar-refractivity contribution in [3.05, 3.63) is 0 Å². The molecule has 3 heteroatoms. The summed E-state index contributed by atoms with van der Waals surface area (Å²) in [6, 6.07) is 0.534. The van der Waals surface area contributed by atoms with Gasteiger partial charge in [0.25, 0.3) is 0 Å². The van der Waals surface area contributed by atoms with Crippen LogP contribution in [-0.4, -0.2) is 48.8 Å². The molecular weight excluding hydrogens is 224 g/mol. The van der Waals surface area contributed by atoms with Gasteiger partial charge in [-0.05, 0) is 50.6 Å². The summed E-state index contributed by atoms with van der Waals surface area (Å²) >= 11 is 0. The summed E-state index contributed by atoms with van der Waals surface area (Å²) in [5, 5.41) is 12.9. The van der Waals surface area contributed by atoms with Crippen molar-refractivity contribution < 1.29 is 5.11 Å². The number of hydrogen-bond acceptors (Lipinski definition) is 3. The molecule has 108 valence electrons. The van der Waals surface area contributed by atoms with Crippen molar-refractivity contribution >= 4 is 0 Å². The molecule has 0 aromatic rings. The zero-order chi connectivity index (χ0) is 13.6. The van der Waals surface area contributed by atoms with E-state index < -0.39 is 0 Å². The van der Waals surface area contributed by atoms with E-state index in [-0.39, 0.29) is 5.41 Å². The second kappa shape index (κ2) is 7.46. The lowest BCUT2D eigenvalue weighted by molar-refractivity contribution is 0.0771. The van der Waals surface area contributed by atoms with Crippen LogP contribution in [0.25, 0.3) is 0 Å². The molecule has 0 radical (unpaired) electrons. The maximum atomic E-state index is 9.29. The van der Waals surface area contributed by atoms with Crippen molar-refractivity contribution in [2.75, 3.05) is 32.8 Å². The average molecular weight is 256 g/mol. The summed E-state index contributed by atoms with van der Waals surface area (Å²) in [4.78, 5) is 2.54. The third-order valence-corrected chi connectivity index (χ3v) is 4.37. The zero-order valence-corrected chi connectivity index (χ0v) is 12.7. The Bertz CT molecular complexity index is 231. The van der Waals surface area contributed by atoms with Gasteiger partial charge in [0.15, 0.2) is 0 Å². The minimum atomic E-state index is 0.284. The molecule has 2 unspecified atom stereocenters. The Kier molecular flexibility index (Phi) is 6.61. The Morgan fingerprint density at radius 1 is 1.44 bits per heavy atom. The van der Waals surface area contributed by atoms with Crippen LogP contribution in [-0.2, 0) is 0 Å². The molecule has 0 amide bonds. The Balaban J connectivity index is 2.43. The number of nitrogens with one attached hydrogen (secondary N) is 1. The van der Waals surface area contributed by atoms with Crippen molar-refractivity contribution in [3.8, 4) is 0 Å². The molecule has 0 bridgehead atoms. The topological polar surface area (TPSA) is 35.5 Å². The van der Waals surface area contributed by atoms with Crippen LogP contribution in [0.1, 0.15) is 47.0 Å². The fourth-order valence-electron chi connectivity index (χ4n) is 2.79. The molecule has 1 aliphatic heterocycles. The summed E-state index contributed by atoms with van der Waals surface area (Å²) in [6.45, 7) is 14.0. The van der Waals surface area contributed by atoms with Crippen molar-refractivity contribution in [2.24, 2.45) is 11.3 Å². The first-order valence-corrected chi connectivity index (χ1v) is 7.56. The number of rotatable bonds is 7. The van der Waals surface area contributed by atoms with Crippen LogP contribution in [0.5, 0.6) is 0 Å². The number of piperidine rings is 1.